The molecule has 1 heterocycles. The number of ether oxygens (including phenoxy) is 1. The third-order valence-electron chi connectivity index (χ3n) is 8.78. The van der Waals surface area contributed by atoms with Crippen molar-refractivity contribution < 1.29 is 24.2 Å². The molecule has 0 unspecified atom stereocenters. The molecule has 4 aromatic rings. The SMILES string of the molecule is C[C@@H]1CN([C@@H](C)CO)C(=O)Cc2cc(NC(=O)Cc3ccccc3)ccc2O[C@@H]1CN(C)Cc1ccc(C(=O)Nc2ccccc2N)cc1. The number of hydrogen-bond acceptors (Lipinski definition) is 7. The molecule has 4 aromatic carbocycles. The Kier molecular flexibility index (Phi) is 11.7. The van der Waals surface area contributed by atoms with Crippen LogP contribution in [-0.2, 0) is 29.0 Å². The Morgan fingerprint density at radius 3 is 2.41 bits per heavy atom. The Morgan fingerprint density at radius 2 is 1.69 bits per heavy atom. The summed E-state index contributed by atoms with van der Waals surface area (Å²) < 4.78 is 6.66. The van der Waals surface area contributed by atoms with Crippen molar-refractivity contribution in [3.63, 3.8) is 0 Å². The van der Waals surface area contributed by atoms with E-state index in [1.807, 2.05) is 74.6 Å². The quantitative estimate of drug-likeness (QED) is 0.166. The van der Waals surface area contributed by atoms with Gasteiger partial charge in [0.05, 0.1) is 36.9 Å². The van der Waals surface area contributed by atoms with E-state index in [1.54, 1.807) is 41.3 Å². The number of aliphatic hydroxyl groups excluding tert-OH is 1. The van der Waals surface area contributed by atoms with Crippen molar-refractivity contribution in [1.82, 2.24) is 9.80 Å². The fourth-order valence-electron chi connectivity index (χ4n) is 5.96. The number of nitrogen functional groups attached to an aromatic ring is 1. The maximum atomic E-state index is 13.6. The molecule has 1 aliphatic heterocycles. The minimum absolute atomic E-state index is 0.0619. The standard InChI is InChI=1S/C39H45N5O5/c1-26-22-44(27(2)25-45)38(47)21-31-20-32(41-37(46)19-28-9-5-4-6-10-28)17-18-35(31)49-36(26)24-43(3)23-29-13-15-30(16-14-29)39(48)42-34-12-8-7-11-33(34)40/h4-18,20,26-27,36,45H,19,21-25,40H2,1-3H3,(H,41,46)(H,42,48)/t26-,27+,36-/m1/s1. The third-order valence-corrected chi connectivity index (χ3v) is 8.78. The molecule has 0 saturated heterocycles. The number of carbonyl (C=O) groups is 3. The van der Waals surface area contributed by atoms with Gasteiger partial charge in [0.25, 0.3) is 5.91 Å². The zero-order valence-electron chi connectivity index (χ0n) is 28.3. The van der Waals surface area contributed by atoms with Crippen molar-refractivity contribution in [2.75, 3.05) is 43.1 Å². The number of para-hydroxylation sites is 2. The van der Waals surface area contributed by atoms with Crippen LogP contribution in [0.4, 0.5) is 17.1 Å². The summed E-state index contributed by atoms with van der Waals surface area (Å²) in [4.78, 5) is 43.1. The number of aliphatic hydroxyl groups is 1. The molecular weight excluding hydrogens is 618 g/mol. The van der Waals surface area contributed by atoms with E-state index in [0.29, 0.717) is 53.6 Å². The van der Waals surface area contributed by atoms with Gasteiger partial charge in [0.15, 0.2) is 0 Å². The number of hydrogen-bond donors (Lipinski definition) is 4. The summed E-state index contributed by atoms with van der Waals surface area (Å²) in [6, 6.07) is 29.2. The first-order valence-corrected chi connectivity index (χ1v) is 16.6. The van der Waals surface area contributed by atoms with Crippen molar-refractivity contribution in [2.45, 2.75) is 45.4 Å². The number of amides is 3. The average molecular weight is 664 g/mol. The van der Waals surface area contributed by atoms with E-state index in [9.17, 15) is 19.5 Å². The fraction of sp³-hybridized carbons (Fsp3) is 0.308. The van der Waals surface area contributed by atoms with Crippen LogP contribution in [0, 0.1) is 5.92 Å². The summed E-state index contributed by atoms with van der Waals surface area (Å²) in [5, 5.41) is 15.8. The first kappa shape index (κ1) is 35.1. The Balaban J connectivity index is 1.29. The second-order valence-electron chi connectivity index (χ2n) is 12.9. The number of rotatable bonds is 11. The summed E-state index contributed by atoms with van der Waals surface area (Å²) in [6.45, 7) is 5.32. The van der Waals surface area contributed by atoms with E-state index in [-0.39, 0.29) is 55.2 Å². The summed E-state index contributed by atoms with van der Waals surface area (Å²) >= 11 is 0. The highest BCUT2D eigenvalue weighted by Crippen LogP contribution is 2.29. The second kappa shape index (κ2) is 16.3. The number of carbonyl (C=O) groups excluding carboxylic acids is 3. The van der Waals surface area contributed by atoms with Gasteiger partial charge in [0.2, 0.25) is 11.8 Å². The number of nitrogens with two attached hydrogens (primary N) is 1. The molecule has 3 atom stereocenters. The molecule has 1 aliphatic rings. The lowest BCUT2D eigenvalue weighted by atomic mass is 10.0. The number of nitrogens with zero attached hydrogens (tertiary/aromatic N) is 2. The molecule has 49 heavy (non-hydrogen) atoms. The lowest BCUT2D eigenvalue weighted by Crippen LogP contribution is -2.47. The van der Waals surface area contributed by atoms with E-state index in [1.165, 1.54) is 0 Å². The molecule has 0 spiro atoms. The summed E-state index contributed by atoms with van der Waals surface area (Å²) in [5.74, 6) is 0.0267. The van der Waals surface area contributed by atoms with Crippen molar-refractivity contribution in [1.29, 1.82) is 0 Å². The highest BCUT2D eigenvalue weighted by atomic mass is 16.5. The van der Waals surface area contributed by atoms with Crippen LogP contribution in [0.25, 0.3) is 0 Å². The van der Waals surface area contributed by atoms with Crippen LogP contribution in [0.3, 0.4) is 0 Å². The molecule has 10 nitrogen and oxygen atoms in total. The minimum atomic E-state index is -0.363. The molecule has 0 fully saturated rings. The lowest BCUT2D eigenvalue weighted by Gasteiger charge is -2.34. The smallest absolute Gasteiger partial charge is 0.255 e. The number of benzene rings is 4. The monoisotopic (exact) mass is 663 g/mol. The first-order valence-electron chi connectivity index (χ1n) is 16.6. The van der Waals surface area contributed by atoms with Gasteiger partial charge in [-0.1, -0.05) is 61.5 Å². The first-order chi connectivity index (χ1) is 23.6. The van der Waals surface area contributed by atoms with Crippen LogP contribution in [0.1, 0.15) is 40.9 Å². The zero-order chi connectivity index (χ0) is 34.9. The number of likely N-dealkylation sites (N-methyl/N-ethyl adjacent to an activating group) is 1. The van der Waals surface area contributed by atoms with Crippen LogP contribution in [-0.4, -0.2) is 71.5 Å². The number of anilines is 3. The normalized spacial score (nSPS) is 16.8. The van der Waals surface area contributed by atoms with Crippen molar-refractivity contribution in [2.24, 2.45) is 5.92 Å². The number of fused-ring (bicyclic) bond motifs is 1. The Morgan fingerprint density at radius 1 is 0.980 bits per heavy atom. The molecule has 3 amide bonds. The minimum Gasteiger partial charge on any atom is -0.488 e. The van der Waals surface area contributed by atoms with Crippen molar-refractivity contribution in [3.8, 4) is 5.75 Å². The molecule has 0 saturated carbocycles. The maximum absolute atomic E-state index is 13.6. The van der Waals surface area contributed by atoms with E-state index in [2.05, 4.69) is 22.5 Å². The van der Waals surface area contributed by atoms with Gasteiger partial charge in [-0.3, -0.25) is 19.3 Å². The van der Waals surface area contributed by atoms with Crippen LogP contribution in [0.2, 0.25) is 0 Å². The molecule has 0 aliphatic carbocycles. The zero-order valence-corrected chi connectivity index (χ0v) is 28.3. The van der Waals surface area contributed by atoms with Gasteiger partial charge in [0, 0.05) is 42.4 Å². The van der Waals surface area contributed by atoms with E-state index in [4.69, 9.17) is 10.5 Å². The molecule has 0 bridgehead atoms. The summed E-state index contributed by atoms with van der Waals surface area (Å²) in [6.07, 6.45) is 0.0245. The van der Waals surface area contributed by atoms with Crippen LogP contribution < -0.4 is 21.1 Å². The van der Waals surface area contributed by atoms with E-state index in [0.717, 1.165) is 11.1 Å². The van der Waals surface area contributed by atoms with Crippen LogP contribution in [0.15, 0.2) is 97.1 Å². The van der Waals surface area contributed by atoms with Gasteiger partial charge in [-0.25, -0.2) is 0 Å². The molecule has 256 valence electrons. The largest absolute Gasteiger partial charge is 0.488 e. The van der Waals surface area contributed by atoms with Gasteiger partial charge in [0.1, 0.15) is 11.9 Å². The van der Waals surface area contributed by atoms with Crippen LogP contribution >= 0.6 is 0 Å². The molecule has 5 N–H and O–H groups in total. The second-order valence-corrected chi connectivity index (χ2v) is 12.9. The van der Waals surface area contributed by atoms with Crippen LogP contribution in [0.5, 0.6) is 5.75 Å². The Bertz CT molecular complexity index is 1750. The highest BCUT2D eigenvalue weighted by molar-refractivity contribution is 6.05. The van der Waals surface area contributed by atoms with Crippen molar-refractivity contribution in [3.05, 3.63) is 119 Å². The van der Waals surface area contributed by atoms with Crippen molar-refractivity contribution >= 4 is 34.8 Å². The highest BCUT2D eigenvalue weighted by Gasteiger charge is 2.31. The number of nitrogens with one attached hydrogen (secondary N) is 2. The topological polar surface area (TPSA) is 137 Å². The van der Waals surface area contributed by atoms with Gasteiger partial charge < -0.3 is 31.1 Å². The summed E-state index contributed by atoms with van der Waals surface area (Å²) in [5.41, 5.74) is 10.8. The predicted octanol–water partition coefficient (Wildman–Crippen LogP) is 4.98. The maximum Gasteiger partial charge on any atom is 0.255 e. The Labute approximate surface area is 287 Å². The van der Waals surface area contributed by atoms with Gasteiger partial charge in [-0.15, -0.1) is 0 Å². The van der Waals surface area contributed by atoms with Gasteiger partial charge >= 0.3 is 0 Å². The molecule has 5 rings (SSSR count). The molecule has 0 radical (unpaired) electrons. The summed E-state index contributed by atoms with van der Waals surface area (Å²) in [7, 11) is 2.01. The molecular formula is C39H45N5O5. The lowest BCUT2D eigenvalue weighted by molar-refractivity contribution is -0.134. The van der Waals surface area contributed by atoms with E-state index < -0.39 is 0 Å². The average Bonchev–Trinajstić information content (AvgIpc) is 3.13. The molecule has 10 heteroatoms. The Hall–Kier alpha value is -5.19. The third kappa shape index (κ3) is 9.46. The van der Waals surface area contributed by atoms with Gasteiger partial charge in [-0.2, -0.15) is 0 Å². The molecule has 0 aromatic heterocycles. The predicted molar refractivity (Wildman–Crippen MR) is 192 cm³/mol. The van der Waals surface area contributed by atoms with Gasteiger partial charge in [-0.05, 0) is 67.6 Å². The van der Waals surface area contributed by atoms with E-state index >= 15 is 0 Å². The fourth-order valence-corrected chi connectivity index (χ4v) is 5.96.